The molecular weight excluding hydrogens is 509 g/mol. The standard InChI is InChI=1S/C28H27Cl2N5S/c1-17-15-22(18(2)34(17)25-13-8-19(29)16-23(25)30)27-26(24-7-5-6-14-31-24)32-28(36)35(27)21-11-9-20(10-12-21)33(3)4/h5-16,26-27H,1-4H3,(H,32,36). The SMILES string of the molecule is Cc1cc(C2C(c3ccccn3)NC(=S)N2c2ccc(N(C)C)cc2)c(C)n1-c1ccc(Cl)cc1Cl. The summed E-state index contributed by atoms with van der Waals surface area (Å²) in [6.45, 7) is 4.21. The number of aromatic nitrogens is 2. The molecule has 2 aromatic heterocycles. The molecule has 0 aliphatic carbocycles. The minimum absolute atomic E-state index is 0.108. The van der Waals surface area contributed by atoms with Gasteiger partial charge in [-0.15, -0.1) is 0 Å². The molecule has 184 valence electrons. The zero-order valence-electron chi connectivity index (χ0n) is 20.5. The van der Waals surface area contributed by atoms with Gasteiger partial charge in [-0.25, -0.2) is 0 Å². The van der Waals surface area contributed by atoms with Gasteiger partial charge in [-0.1, -0.05) is 29.3 Å². The number of hydrogen-bond donors (Lipinski definition) is 1. The van der Waals surface area contributed by atoms with Crippen LogP contribution < -0.4 is 15.1 Å². The summed E-state index contributed by atoms with van der Waals surface area (Å²) in [5, 5.41) is 5.44. The number of nitrogens with one attached hydrogen (secondary N) is 1. The Hall–Kier alpha value is -3.06. The maximum absolute atomic E-state index is 6.63. The molecule has 4 aromatic rings. The zero-order chi connectivity index (χ0) is 25.6. The fraction of sp³-hybridized carbons (Fsp3) is 0.214. The Kier molecular flexibility index (Phi) is 6.68. The van der Waals surface area contributed by atoms with Crippen molar-refractivity contribution in [3.63, 3.8) is 0 Å². The summed E-state index contributed by atoms with van der Waals surface area (Å²) in [6.07, 6.45) is 1.82. The normalized spacial score (nSPS) is 17.4. The highest BCUT2D eigenvalue weighted by molar-refractivity contribution is 7.80. The fourth-order valence-corrected chi connectivity index (χ4v) is 5.82. The Balaban J connectivity index is 1.67. The lowest BCUT2D eigenvalue weighted by atomic mass is 9.96. The summed E-state index contributed by atoms with van der Waals surface area (Å²) in [5.41, 5.74) is 7.30. The summed E-state index contributed by atoms with van der Waals surface area (Å²) >= 11 is 18.7. The zero-order valence-corrected chi connectivity index (χ0v) is 22.9. The summed E-state index contributed by atoms with van der Waals surface area (Å²) < 4.78 is 2.18. The van der Waals surface area contributed by atoms with Crippen molar-refractivity contribution in [1.29, 1.82) is 0 Å². The molecule has 0 amide bonds. The van der Waals surface area contributed by atoms with E-state index < -0.39 is 0 Å². The molecule has 1 aliphatic rings. The van der Waals surface area contributed by atoms with E-state index in [1.165, 1.54) is 0 Å². The number of benzene rings is 2. The highest BCUT2D eigenvalue weighted by Crippen LogP contribution is 2.44. The summed E-state index contributed by atoms with van der Waals surface area (Å²) in [5.74, 6) is 0. The van der Waals surface area contributed by atoms with E-state index in [-0.39, 0.29) is 12.1 Å². The third-order valence-corrected chi connectivity index (χ3v) is 7.53. The van der Waals surface area contributed by atoms with Gasteiger partial charge in [-0.3, -0.25) is 4.98 Å². The average molecular weight is 537 g/mol. The Bertz CT molecular complexity index is 1420. The predicted molar refractivity (Wildman–Crippen MR) is 154 cm³/mol. The van der Waals surface area contributed by atoms with Gasteiger partial charge in [0.1, 0.15) is 0 Å². The number of thiocarbonyl (C=S) groups is 1. The van der Waals surface area contributed by atoms with Crippen LogP contribution >= 0.6 is 35.4 Å². The van der Waals surface area contributed by atoms with Crippen molar-refractivity contribution < 1.29 is 0 Å². The third-order valence-electron chi connectivity index (χ3n) is 6.68. The summed E-state index contributed by atoms with van der Waals surface area (Å²) in [4.78, 5) is 8.96. The number of nitrogens with zero attached hydrogens (tertiary/aromatic N) is 4. The highest BCUT2D eigenvalue weighted by atomic mass is 35.5. The van der Waals surface area contributed by atoms with Gasteiger partial charge in [0.15, 0.2) is 5.11 Å². The molecule has 3 heterocycles. The first kappa shape index (κ1) is 24.6. The lowest BCUT2D eigenvalue weighted by molar-refractivity contribution is 0.565. The van der Waals surface area contributed by atoms with Gasteiger partial charge in [-0.05, 0) is 92.3 Å². The van der Waals surface area contributed by atoms with Crippen LogP contribution in [-0.4, -0.2) is 28.8 Å². The molecule has 1 aliphatic heterocycles. The lowest BCUT2D eigenvalue weighted by Crippen LogP contribution is -2.29. The second kappa shape index (κ2) is 9.77. The van der Waals surface area contributed by atoms with Crippen molar-refractivity contribution in [3.8, 4) is 5.69 Å². The molecule has 0 saturated carbocycles. The number of rotatable bonds is 5. The minimum atomic E-state index is -0.123. The highest BCUT2D eigenvalue weighted by Gasteiger charge is 2.42. The first-order valence-electron chi connectivity index (χ1n) is 11.7. The van der Waals surface area contributed by atoms with Gasteiger partial charge in [0.25, 0.3) is 0 Å². The van der Waals surface area contributed by atoms with Crippen LogP contribution in [-0.2, 0) is 0 Å². The molecule has 36 heavy (non-hydrogen) atoms. The molecule has 5 rings (SSSR count). The number of pyridine rings is 1. The molecule has 2 unspecified atom stereocenters. The molecule has 0 bridgehead atoms. The van der Waals surface area contributed by atoms with Crippen LogP contribution in [0.4, 0.5) is 11.4 Å². The van der Waals surface area contributed by atoms with Gasteiger partial charge < -0.3 is 19.7 Å². The molecule has 2 aromatic carbocycles. The minimum Gasteiger partial charge on any atom is -0.378 e. The van der Waals surface area contributed by atoms with Crippen molar-refractivity contribution in [1.82, 2.24) is 14.9 Å². The lowest BCUT2D eigenvalue weighted by Gasteiger charge is -2.28. The summed E-state index contributed by atoms with van der Waals surface area (Å²) in [6, 6.07) is 22.0. The quantitative estimate of drug-likeness (QED) is 0.277. The monoisotopic (exact) mass is 535 g/mol. The van der Waals surface area contributed by atoms with Gasteiger partial charge >= 0.3 is 0 Å². The molecule has 5 nitrogen and oxygen atoms in total. The van der Waals surface area contributed by atoms with E-state index >= 15 is 0 Å². The number of hydrogen-bond acceptors (Lipinski definition) is 3. The Morgan fingerprint density at radius 3 is 2.36 bits per heavy atom. The maximum Gasteiger partial charge on any atom is 0.174 e. The first-order chi connectivity index (χ1) is 17.3. The van der Waals surface area contributed by atoms with Crippen LogP contribution in [0.5, 0.6) is 0 Å². The molecular formula is C28H27Cl2N5S. The van der Waals surface area contributed by atoms with Gasteiger partial charge in [-0.2, -0.15) is 0 Å². The third kappa shape index (κ3) is 4.34. The van der Waals surface area contributed by atoms with E-state index in [1.807, 2.05) is 50.6 Å². The second-order valence-corrected chi connectivity index (χ2v) is 10.4. The predicted octanol–water partition coefficient (Wildman–Crippen LogP) is 7.04. The van der Waals surface area contributed by atoms with Crippen LogP contribution in [0.15, 0.2) is 72.9 Å². The molecule has 1 fully saturated rings. The molecule has 0 radical (unpaired) electrons. The first-order valence-corrected chi connectivity index (χ1v) is 12.8. The number of aryl methyl sites for hydroxylation is 1. The largest absolute Gasteiger partial charge is 0.378 e. The van der Waals surface area contributed by atoms with E-state index in [0.717, 1.165) is 39.7 Å². The Morgan fingerprint density at radius 1 is 0.972 bits per heavy atom. The average Bonchev–Trinajstić information content (AvgIpc) is 3.35. The number of halogens is 2. The Morgan fingerprint density at radius 2 is 1.72 bits per heavy atom. The van der Waals surface area contributed by atoms with E-state index in [9.17, 15) is 0 Å². The van der Waals surface area contributed by atoms with Gasteiger partial charge in [0.2, 0.25) is 0 Å². The van der Waals surface area contributed by atoms with Crippen molar-refractivity contribution >= 4 is 51.9 Å². The van der Waals surface area contributed by atoms with E-state index in [1.54, 1.807) is 6.07 Å². The molecule has 8 heteroatoms. The van der Waals surface area contributed by atoms with Crippen LogP contribution in [0.2, 0.25) is 10.0 Å². The molecule has 0 spiro atoms. The Labute approximate surface area is 227 Å². The van der Waals surface area contributed by atoms with Crippen LogP contribution in [0.25, 0.3) is 5.69 Å². The van der Waals surface area contributed by atoms with Crippen molar-refractivity contribution in [2.24, 2.45) is 0 Å². The van der Waals surface area contributed by atoms with Gasteiger partial charge in [0.05, 0.1) is 28.5 Å². The van der Waals surface area contributed by atoms with Crippen LogP contribution in [0.1, 0.15) is 34.7 Å². The van der Waals surface area contributed by atoms with Crippen LogP contribution in [0, 0.1) is 13.8 Å². The fourth-order valence-electron chi connectivity index (χ4n) is 4.98. The van der Waals surface area contributed by atoms with E-state index in [4.69, 9.17) is 35.4 Å². The number of anilines is 2. The van der Waals surface area contributed by atoms with E-state index in [2.05, 4.69) is 68.8 Å². The van der Waals surface area contributed by atoms with Crippen molar-refractivity contribution in [3.05, 3.63) is 106 Å². The van der Waals surface area contributed by atoms with E-state index in [0.29, 0.717) is 15.2 Å². The molecule has 1 saturated heterocycles. The summed E-state index contributed by atoms with van der Waals surface area (Å²) in [7, 11) is 4.07. The van der Waals surface area contributed by atoms with Gasteiger partial charge in [0, 0.05) is 48.1 Å². The molecule has 2 atom stereocenters. The van der Waals surface area contributed by atoms with Crippen LogP contribution in [0.3, 0.4) is 0 Å². The van der Waals surface area contributed by atoms with Crippen molar-refractivity contribution in [2.45, 2.75) is 25.9 Å². The molecule has 1 N–H and O–H groups in total. The second-order valence-electron chi connectivity index (χ2n) is 9.17. The topological polar surface area (TPSA) is 36.3 Å². The maximum atomic E-state index is 6.63. The van der Waals surface area contributed by atoms with Crippen molar-refractivity contribution in [2.75, 3.05) is 23.9 Å². The smallest absolute Gasteiger partial charge is 0.174 e.